The number of aliphatic hydroxyl groups is 2. The molecule has 4 N–H and O–H groups in total. The second-order valence-corrected chi connectivity index (χ2v) is 13.4. The molecular formula is C38H43NO8. The molecule has 6 rings (SSSR count). The Morgan fingerprint density at radius 3 is 2.60 bits per heavy atom. The zero-order valence-electron chi connectivity index (χ0n) is 27.0. The van der Waals surface area contributed by atoms with Crippen LogP contribution >= 0.6 is 0 Å². The Bertz CT molecular complexity index is 1670. The molecule has 2 aromatic rings. The summed E-state index contributed by atoms with van der Waals surface area (Å²) in [6.45, 7) is 4.24. The number of cyclic esters (lactones) is 1. The van der Waals surface area contributed by atoms with Gasteiger partial charge in [0, 0.05) is 54.6 Å². The standard InChI is InChI=1S/C38H43NO8/c1-3-23-14-24(27-12-22(21-40)13-29(15-27)39-4-2)7-8-25-19-36(43)46-34-20-33(42)28(17-31(25)34)18-35(47-37(23)44)38(45)11-5-6-26-16-30(41)9-10-32(26)38/h3,12-13,15,17,20,24-26,32,35,39-40,42,45H,4-6,9-11,14,16,18-19,21H2,1-2H3/t24-,25+,26-,32-,35-,38-/m1/s1. The monoisotopic (exact) mass is 641 g/mol. The maximum Gasteiger partial charge on any atom is 0.334 e. The second-order valence-electron chi connectivity index (χ2n) is 13.4. The second kappa shape index (κ2) is 13.5. The smallest absolute Gasteiger partial charge is 0.334 e. The van der Waals surface area contributed by atoms with Gasteiger partial charge in [-0.1, -0.05) is 30.4 Å². The van der Waals surface area contributed by atoms with E-state index in [9.17, 15) is 29.7 Å². The van der Waals surface area contributed by atoms with Gasteiger partial charge in [-0.25, -0.2) is 4.79 Å². The summed E-state index contributed by atoms with van der Waals surface area (Å²) in [5, 5.41) is 37.0. The highest BCUT2D eigenvalue weighted by Crippen LogP contribution is 2.49. The van der Waals surface area contributed by atoms with Crippen LogP contribution in [0.2, 0.25) is 0 Å². The number of esters is 2. The molecule has 2 bridgehead atoms. The summed E-state index contributed by atoms with van der Waals surface area (Å²) in [5.74, 6) is 4.66. The van der Waals surface area contributed by atoms with Crippen molar-refractivity contribution in [3.63, 3.8) is 0 Å². The molecule has 0 spiro atoms. The average Bonchev–Trinajstić information content (AvgIpc) is 3.05. The number of allylic oxidation sites excluding steroid dienone is 1. The number of ether oxygens (including phenoxy) is 2. The van der Waals surface area contributed by atoms with Crippen LogP contribution in [-0.2, 0) is 32.1 Å². The first-order valence-corrected chi connectivity index (χ1v) is 16.8. The van der Waals surface area contributed by atoms with Gasteiger partial charge in [0.25, 0.3) is 0 Å². The Labute approximate surface area is 275 Å². The van der Waals surface area contributed by atoms with E-state index in [0.29, 0.717) is 60.9 Å². The molecular weight excluding hydrogens is 598 g/mol. The van der Waals surface area contributed by atoms with Crippen LogP contribution in [0, 0.1) is 23.7 Å². The highest BCUT2D eigenvalue weighted by molar-refractivity contribution is 5.89. The summed E-state index contributed by atoms with van der Waals surface area (Å²) in [5.41, 5.74) is 2.38. The number of anilines is 1. The molecule has 0 radical (unpaired) electrons. The summed E-state index contributed by atoms with van der Waals surface area (Å²) in [4.78, 5) is 39.1. The van der Waals surface area contributed by atoms with Crippen molar-refractivity contribution >= 4 is 23.4 Å². The molecule has 47 heavy (non-hydrogen) atoms. The number of aromatic hydroxyl groups is 1. The number of aliphatic hydroxyl groups excluding tert-OH is 1. The summed E-state index contributed by atoms with van der Waals surface area (Å²) < 4.78 is 11.8. The van der Waals surface area contributed by atoms with Gasteiger partial charge >= 0.3 is 11.9 Å². The summed E-state index contributed by atoms with van der Waals surface area (Å²) in [6.07, 6.45) is 4.19. The summed E-state index contributed by atoms with van der Waals surface area (Å²) in [7, 11) is 0. The minimum absolute atomic E-state index is 0.00269. The molecule has 2 saturated carbocycles. The zero-order chi connectivity index (χ0) is 33.3. The molecule has 2 heterocycles. The van der Waals surface area contributed by atoms with Crippen LogP contribution in [-0.4, -0.2) is 51.3 Å². The van der Waals surface area contributed by atoms with Gasteiger partial charge in [-0.2, -0.15) is 0 Å². The van der Waals surface area contributed by atoms with Crippen LogP contribution in [0.3, 0.4) is 0 Å². The molecule has 0 unspecified atom stereocenters. The number of phenols is 1. The molecule has 0 saturated heterocycles. The Kier molecular flexibility index (Phi) is 9.45. The van der Waals surface area contributed by atoms with Gasteiger partial charge in [0.05, 0.1) is 18.9 Å². The van der Waals surface area contributed by atoms with Gasteiger partial charge in [0.1, 0.15) is 29.0 Å². The van der Waals surface area contributed by atoms with Crippen LogP contribution in [0.4, 0.5) is 5.69 Å². The van der Waals surface area contributed by atoms with Crippen molar-refractivity contribution in [1.82, 2.24) is 0 Å². The average molecular weight is 642 g/mol. The third-order valence-electron chi connectivity index (χ3n) is 10.4. The van der Waals surface area contributed by atoms with Crippen LogP contribution in [0.1, 0.15) is 99.3 Å². The number of benzene rings is 2. The Hall–Kier alpha value is -4.13. The van der Waals surface area contributed by atoms with Crippen molar-refractivity contribution in [3.8, 4) is 23.3 Å². The zero-order valence-corrected chi connectivity index (χ0v) is 27.0. The van der Waals surface area contributed by atoms with Gasteiger partial charge in [0.15, 0.2) is 0 Å². The van der Waals surface area contributed by atoms with E-state index in [1.807, 2.05) is 25.1 Å². The molecule has 4 aliphatic rings. The predicted molar refractivity (Wildman–Crippen MR) is 175 cm³/mol. The SMILES string of the molecule is CC=C1C[C@H](c2cc(CO)cc(NCC)c2)C#C[C@H]2CC(=O)Oc3cc(O)c(cc32)C[C@H]([C@@]2(O)CCC[C@@H]3CC(=O)CC[C@H]32)OC1=O. The largest absolute Gasteiger partial charge is 0.508 e. The van der Waals surface area contributed by atoms with Crippen LogP contribution in [0.15, 0.2) is 42.0 Å². The van der Waals surface area contributed by atoms with Crippen molar-refractivity contribution in [3.05, 3.63) is 64.2 Å². The number of Topliss-reactive ketones (excluding diaryl/α,β-unsaturated/α-hetero) is 1. The fourth-order valence-electron chi connectivity index (χ4n) is 8.04. The van der Waals surface area contributed by atoms with Crippen LogP contribution in [0.25, 0.3) is 0 Å². The molecule has 6 atom stereocenters. The van der Waals surface area contributed by atoms with E-state index in [2.05, 4.69) is 17.2 Å². The highest BCUT2D eigenvalue weighted by Gasteiger charge is 2.52. The molecule has 2 aliphatic carbocycles. The number of nitrogens with one attached hydrogen (secondary N) is 1. The minimum atomic E-state index is -1.40. The third-order valence-corrected chi connectivity index (χ3v) is 10.4. The summed E-state index contributed by atoms with van der Waals surface area (Å²) in [6, 6.07) is 8.85. The molecule has 2 aromatic carbocycles. The molecule has 0 amide bonds. The Morgan fingerprint density at radius 2 is 1.83 bits per heavy atom. The van der Waals surface area contributed by atoms with Gasteiger partial charge in [-0.05, 0) is 86.3 Å². The van der Waals surface area contributed by atoms with Gasteiger partial charge in [0.2, 0.25) is 0 Å². The normalized spacial score (nSPS) is 30.0. The van der Waals surface area contributed by atoms with E-state index in [-0.39, 0.29) is 55.0 Å². The lowest BCUT2D eigenvalue weighted by Crippen LogP contribution is -2.57. The van der Waals surface area contributed by atoms with Gasteiger partial charge in [-0.3, -0.25) is 9.59 Å². The number of rotatable bonds is 5. The van der Waals surface area contributed by atoms with Crippen molar-refractivity contribution in [2.45, 2.75) is 102 Å². The molecule has 9 nitrogen and oxygen atoms in total. The maximum atomic E-state index is 14.1. The lowest BCUT2D eigenvalue weighted by Gasteiger charge is -2.50. The van der Waals surface area contributed by atoms with Crippen molar-refractivity contribution < 1.29 is 39.2 Å². The van der Waals surface area contributed by atoms with Gasteiger partial charge < -0.3 is 30.1 Å². The fraction of sp³-hybridized carbons (Fsp3) is 0.500. The first-order chi connectivity index (χ1) is 22.6. The van der Waals surface area contributed by atoms with Crippen molar-refractivity contribution in [2.24, 2.45) is 11.8 Å². The Morgan fingerprint density at radius 1 is 1.02 bits per heavy atom. The fourth-order valence-corrected chi connectivity index (χ4v) is 8.04. The predicted octanol–water partition coefficient (Wildman–Crippen LogP) is 5.20. The van der Waals surface area contributed by atoms with E-state index in [0.717, 1.165) is 17.7 Å². The van der Waals surface area contributed by atoms with E-state index in [1.54, 1.807) is 19.1 Å². The number of phenolic OH excluding ortho intramolecular Hbond substituents is 1. The number of hydrogen-bond donors (Lipinski definition) is 4. The number of ketones is 1. The van der Waals surface area contributed by atoms with E-state index in [1.165, 1.54) is 6.07 Å². The molecule has 0 aromatic heterocycles. The Balaban J connectivity index is 1.48. The number of carbonyl (C=O) groups excluding carboxylic acids is 3. The first-order valence-electron chi connectivity index (χ1n) is 16.8. The maximum absolute atomic E-state index is 14.1. The minimum Gasteiger partial charge on any atom is -0.508 e. The number of fused-ring (bicyclic) bond motifs is 2. The van der Waals surface area contributed by atoms with E-state index in [4.69, 9.17) is 9.47 Å². The van der Waals surface area contributed by atoms with Crippen LogP contribution in [0.5, 0.6) is 11.5 Å². The first kappa shape index (κ1) is 32.8. The molecule has 9 heteroatoms. The highest BCUT2D eigenvalue weighted by atomic mass is 16.6. The molecule has 2 aliphatic heterocycles. The lowest BCUT2D eigenvalue weighted by atomic mass is 9.60. The molecule has 248 valence electrons. The molecule has 2 fully saturated rings. The topological polar surface area (TPSA) is 142 Å². The summed E-state index contributed by atoms with van der Waals surface area (Å²) >= 11 is 0. The van der Waals surface area contributed by atoms with Crippen molar-refractivity contribution in [2.75, 3.05) is 11.9 Å². The van der Waals surface area contributed by atoms with E-state index >= 15 is 0 Å². The van der Waals surface area contributed by atoms with Gasteiger partial charge in [-0.15, -0.1) is 0 Å². The van der Waals surface area contributed by atoms with E-state index < -0.39 is 35.5 Å². The van der Waals surface area contributed by atoms with Crippen molar-refractivity contribution in [1.29, 1.82) is 0 Å². The third kappa shape index (κ3) is 6.67. The quantitative estimate of drug-likeness (QED) is 0.150. The van der Waals surface area contributed by atoms with Crippen LogP contribution < -0.4 is 10.1 Å². The number of hydrogen-bond acceptors (Lipinski definition) is 9. The number of carbonyl (C=O) groups is 3. The lowest BCUT2D eigenvalue weighted by molar-refractivity contribution is -0.187.